The van der Waals surface area contributed by atoms with Crippen molar-refractivity contribution in [2.45, 2.75) is 161 Å². The average molecular weight is 755 g/mol. The Balaban J connectivity index is 4.43. The Morgan fingerprint density at radius 3 is 1.62 bits per heavy atom. The average Bonchev–Trinajstić information content (AvgIpc) is 3.13. The van der Waals surface area contributed by atoms with Gasteiger partial charge < -0.3 is 24.6 Å². The quantitative estimate of drug-likeness (QED) is 0.0244. The predicted octanol–water partition coefficient (Wildman–Crippen LogP) is 9.94. The summed E-state index contributed by atoms with van der Waals surface area (Å²) in [7, 11) is -4.63. The topological polar surface area (TPSA) is 149 Å². The number of aliphatic hydroxyl groups excluding tert-OH is 2. The molecule has 300 valence electrons. The first-order chi connectivity index (χ1) is 25.2. The molecule has 11 heteroatoms. The van der Waals surface area contributed by atoms with Gasteiger partial charge in [0.25, 0.3) is 0 Å². The first-order valence-electron chi connectivity index (χ1n) is 19.8. The van der Waals surface area contributed by atoms with Crippen molar-refractivity contribution in [2.24, 2.45) is 0 Å². The summed E-state index contributed by atoms with van der Waals surface area (Å²) in [5.41, 5.74) is 0. The molecule has 0 aromatic carbocycles. The van der Waals surface area contributed by atoms with Gasteiger partial charge in [-0.05, 0) is 57.8 Å². The summed E-state index contributed by atoms with van der Waals surface area (Å²) in [6.45, 7) is 2.16. The van der Waals surface area contributed by atoms with Crippen LogP contribution in [0.25, 0.3) is 0 Å². The normalized spacial score (nSPS) is 14.6. The molecule has 3 N–H and O–H groups in total. The van der Waals surface area contributed by atoms with Crippen molar-refractivity contribution in [1.82, 2.24) is 0 Å². The molecule has 10 nitrogen and oxygen atoms in total. The molecule has 0 aromatic heterocycles. The molecule has 0 aliphatic carbocycles. The van der Waals surface area contributed by atoms with Gasteiger partial charge in [-0.1, -0.05) is 139 Å². The fourth-order valence-corrected chi connectivity index (χ4v) is 5.71. The molecule has 0 heterocycles. The summed E-state index contributed by atoms with van der Waals surface area (Å²) in [5.74, 6) is -0.986. The lowest BCUT2D eigenvalue weighted by molar-refractivity contribution is -0.161. The summed E-state index contributed by atoms with van der Waals surface area (Å²) in [6.07, 6.45) is 39.1. The molecule has 0 amide bonds. The molecule has 0 fully saturated rings. The highest BCUT2D eigenvalue weighted by atomic mass is 31.2. The van der Waals surface area contributed by atoms with E-state index >= 15 is 0 Å². The van der Waals surface area contributed by atoms with Gasteiger partial charge in [-0.2, -0.15) is 0 Å². The molecule has 0 radical (unpaired) electrons. The SMILES string of the molecule is CC/C=C/C=C/C=C/CCCCCCCC(=O)OC(COC(=O)CCCCC/C=C/C=C/CCCCCCCCC)COP(=O)(O)OC[C@@H](O)CO. The van der Waals surface area contributed by atoms with Crippen LogP contribution in [0.3, 0.4) is 0 Å². The lowest BCUT2D eigenvalue weighted by Crippen LogP contribution is -2.29. The summed E-state index contributed by atoms with van der Waals surface area (Å²) >= 11 is 0. The third kappa shape index (κ3) is 36.0. The van der Waals surface area contributed by atoms with E-state index in [4.69, 9.17) is 19.1 Å². The Morgan fingerprint density at radius 2 is 1.06 bits per heavy atom. The van der Waals surface area contributed by atoms with Gasteiger partial charge in [0.05, 0.1) is 19.8 Å². The van der Waals surface area contributed by atoms with Crippen LogP contribution in [0.15, 0.2) is 60.8 Å². The fraction of sp³-hybridized carbons (Fsp3) is 0.707. The zero-order valence-electron chi connectivity index (χ0n) is 32.3. The zero-order valence-corrected chi connectivity index (χ0v) is 33.1. The van der Waals surface area contributed by atoms with Crippen LogP contribution < -0.4 is 0 Å². The van der Waals surface area contributed by atoms with Gasteiger partial charge >= 0.3 is 19.8 Å². The molecule has 3 atom stereocenters. The summed E-state index contributed by atoms with van der Waals surface area (Å²) in [4.78, 5) is 34.8. The maximum atomic E-state index is 12.5. The minimum Gasteiger partial charge on any atom is -0.462 e. The summed E-state index contributed by atoms with van der Waals surface area (Å²) in [5, 5.41) is 18.3. The molecule has 2 unspecified atom stereocenters. The van der Waals surface area contributed by atoms with Crippen LogP contribution in [0, 0.1) is 0 Å². The molecule has 0 saturated heterocycles. The Bertz CT molecular complexity index is 1050. The number of ether oxygens (including phenoxy) is 2. The molecular weight excluding hydrogens is 683 g/mol. The van der Waals surface area contributed by atoms with Gasteiger partial charge in [0.15, 0.2) is 6.10 Å². The molecule has 0 bridgehead atoms. The van der Waals surface area contributed by atoms with Crippen LogP contribution in [0.2, 0.25) is 0 Å². The number of phosphoric ester groups is 1. The van der Waals surface area contributed by atoms with Gasteiger partial charge in [-0.3, -0.25) is 18.6 Å². The second-order valence-electron chi connectivity index (χ2n) is 13.0. The van der Waals surface area contributed by atoms with E-state index in [1.54, 1.807) is 0 Å². The standard InChI is InChI=1S/C41H71O10P/c1-3-5-7-9-11-13-15-17-18-19-21-22-24-26-28-30-32-40(44)48-36-39(37-50-52(46,47)49-35-38(43)34-42)51-41(45)33-31-29-27-25-23-20-16-14-12-10-8-6-4-2/h6,8,10,12,14,16,18-19,21-22,38-39,42-43H,3-5,7,9,11,13,15,17,20,23-37H2,1-2H3,(H,46,47)/b8-6+,12-10+,16-14+,19-18+,22-21+/t38-,39?/m0/s1. The second-order valence-corrected chi connectivity index (χ2v) is 14.5. The monoisotopic (exact) mass is 754 g/mol. The zero-order chi connectivity index (χ0) is 38.4. The highest BCUT2D eigenvalue weighted by Gasteiger charge is 2.27. The van der Waals surface area contributed by atoms with E-state index in [1.807, 2.05) is 24.3 Å². The van der Waals surface area contributed by atoms with Crippen LogP contribution in [-0.2, 0) is 32.7 Å². The van der Waals surface area contributed by atoms with Crippen LogP contribution in [0.4, 0.5) is 0 Å². The van der Waals surface area contributed by atoms with Crippen molar-refractivity contribution < 1.29 is 47.8 Å². The van der Waals surface area contributed by atoms with E-state index in [2.05, 4.69) is 54.8 Å². The van der Waals surface area contributed by atoms with Gasteiger partial charge in [0, 0.05) is 12.8 Å². The van der Waals surface area contributed by atoms with Crippen LogP contribution in [0.5, 0.6) is 0 Å². The van der Waals surface area contributed by atoms with E-state index < -0.39 is 51.8 Å². The Labute approximate surface area is 315 Å². The molecule has 52 heavy (non-hydrogen) atoms. The van der Waals surface area contributed by atoms with Crippen LogP contribution >= 0.6 is 7.82 Å². The van der Waals surface area contributed by atoms with Crippen molar-refractivity contribution in [1.29, 1.82) is 0 Å². The van der Waals surface area contributed by atoms with E-state index in [0.717, 1.165) is 64.2 Å². The molecular formula is C41H71O10P. The Kier molecular flexibility index (Phi) is 35.3. The van der Waals surface area contributed by atoms with E-state index in [9.17, 15) is 24.2 Å². The maximum Gasteiger partial charge on any atom is 0.472 e. The van der Waals surface area contributed by atoms with Crippen molar-refractivity contribution >= 4 is 19.8 Å². The number of hydrogen-bond acceptors (Lipinski definition) is 9. The number of carbonyl (C=O) groups is 2. The number of aliphatic hydroxyl groups is 2. The molecule has 0 saturated carbocycles. The van der Waals surface area contributed by atoms with Gasteiger partial charge in [-0.25, -0.2) is 4.57 Å². The predicted molar refractivity (Wildman–Crippen MR) is 210 cm³/mol. The number of carbonyl (C=O) groups excluding carboxylic acids is 2. The second kappa shape index (κ2) is 37.0. The lowest BCUT2D eigenvalue weighted by atomic mass is 10.1. The van der Waals surface area contributed by atoms with Gasteiger partial charge in [0.2, 0.25) is 0 Å². The first-order valence-corrected chi connectivity index (χ1v) is 21.3. The highest BCUT2D eigenvalue weighted by Crippen LogP contribution is 2.43. The number of allylic oxidation sites excluding steroid dienone is 10. The molecule has 0 aromatic rings. The van der Waals surface area contributed by atoms with Crippen LogP contribution in [-0.4, -0.2) is 65.7 Å². The largest absolute Gasteiger partial charge is 0.472 e. The third-order valence-electron chi connectivity index (χ3n) is 7.99. The lowest BCUT2D eigenvalue weighted by Gasteiger charge is -2.20. The van der Waals surface area contributed by atoms with E-state index in [-0.39, 0.29) is 19.4 Å². The minimum absolute atomic E-state index is 0.153. The Morgan fingerprint density at radius 1 is 0.596 bits per heavy atom. The molecule has 0 spiro atoms. The number of rotatable bonds is 36. The van der Waals surface area contributed by atoms with E-state index in [0.29, 0.717) is 12.8 Å². The fourth-order valence-electron chi connectivity index (χ4n) is 4.92. The smallest absolute Gasteiger partial charge is 0.462 e. The molecule has 0 aliphatic rings. The van der Waals surface area contributed by atoms with Crippen molar-refractivity contribution in [3.05, 3.63) is 60.8 Å². The number of esters is 2. The third-order valence-corrected chi connectivity index (χ3v) is 8.95. The van der Waals surface area contributed by atoms with Gasteiger partial charge in [0.1, 0.15) is 12.7 Å². The summed E-state index contributed by atoms with van der Waals surface area (Å²) in [6, 6.07) is 0. The highest BCUT2D eigenvalue weighted by molar-refractivity contribution is 7.47. The maximum absolute atomic E-state index is 12.5. The van der Waals surface area contributed by atoms with Crippen molar-refractivity contribution in [3.8, 4) is 0 Å². The molecule has 0 rings (SSSR count). The van der Waals surface area contributed by atoms with Crippen LogP contribution in [0.1, 0.15) is 149 Å². The van der Waals surface area contributed by atoms with E-state index in [1.165, 1.54) is 44.9 Å². The molecule has 0 aliphatic heterocycles. The number of hydrogen-bond donors (Lipinski definition) is 3. The Hall–Kier alpha value is -2.33. The van der Waals surface area contributed by atoms with Gasteiger partial charge in [-0.15, -0.1) is 0 Å². The van der Waals surface area contributed by atoms with Crippen molar-refractivity contribution in [2.75, 3.05) is 26.4 Å². The first kappa shape index (κ1) is 49.7. The number of unbranched alkanes of at least 4 members (excludes halogenated alkanes) is 15. The minimum atomic E-state index is -4.63. The number of phosphoric acid groups is 1. The summed E-state index contributed by atoms with van der Waals surface area (Å²) < 4.78 is 32.6. The van der Waals surface area contributed by atoms with Crippen molar-refractivity contribution in [3.63, 3.8) is 0 Å².